The third kappa shape index (κ3) is 4.64. The van der Waals surface area contributed by atoms with Crippen molar-refractivity contribution < 1.29 is 31.8 Å². The lowest BCUT2D eigenvalue weighted by Crippen LogP contribution is -2.18. The summed E-state index contributed by atoms with van der Waals surface area (Å²) in [5.74, 6) is -1.23. The van der Waals surface area contributed by atoms with Crippen LogP contribution in [0.3, 0.4) is 0 Å². The molecule has 0 aromatic heterocycles. The number of aliphatic hydroxyl groups excluding tert-OH is 1. The fourth-order valence-electron chi connectivity index (χ4n) is 2.46. The SMILES string of the molecule is O=[N+]([O-])c1ccccc1S(=O)(=O)C/C(=C\CO)S(=O)(=O)c1ccccc1[N+](=O)[O-]. The molecule has 154 valence electrons. The smallest absolute Gasteiger partial charge is 0.288 e. The van der Waals surface area contributed by atoms with Crippen molar-refractivity contribution in [2.24, 2.45) is 0 Å². The molecule has 0 fully saturated rings. The lowest BCUT2D eigenvalue weighted by Gasteiger charge is -2.11. The van der Waals surface area contributed by atoms with Crippen molar-refractivity contribution >= 4 is 31.0 Å². The van der Waals surface area contributed by atoms with Crippen molar-refractivity contribution in [1.82, 2.24) is 0 Å². The number of hydrogen-bond acceptors (Lipinski definition) is 9. The van der Waals surface area contributed by atoms with Gasteiger partial charge in [-0.2, -0.15) is 0 Å². The summed E-state index contributed by atoms with van der Waals surface area (Å²) in [4.78, 5) is 18.1. The Balaban J connectivity index is 2.61. The van der Waals surface area contributed by atoms with Crippen molar-refractivity contribution in [1.29, 1.82) is 0 Å². The second kappa shape index (κ2) is 8.46. The summed E-state index contributed by atoms with van der Waals surface area (Å²) >= 11 is 0. The Labute approximate surface area is 165 Å². The highest BCUT2D eigenvalue weighted by Crippen LogP contribution is 2.31. The molecule has 1 N–H and O–H groups in total. The Morgan fingerprint density at radius 1 is 0.862 bits per heavy atom. The summed E-state index contributed by atoms with van der Waals surface area (Å²) in [6.07, 6.45) is 0.679. The van der Waals surface area contributed by atoms with Gasteiger partial charge in [0.25, 0.3) is 11.4 Å². The Morgan fingerprint density at radius 3 is 1.79 bits per heavy atom. The number of nitro groups is 2. The van der Waals surface area contributed by atoms with Gasteiger partial charge in [0.05, 0.1) is 27.1 Å². The first-order chi connectivity index (χ1) is 13.5. The molecule has 0 aliphatic rings. The average molecular weight is 442 g/mol. The molecule has 11 nitrogen and oxygen atoms in total. The van der Waals surface area contributed by atoms with Crippen LogP contribution in [0.15, 0.2) is 69.3 Å². The van der Waals surface area contributed by atoms with E-state index in [9.17, 15) is 37.1 Å². The number of sulfone groups is 2. The van der Waals surface area contributed by atoms with E-state index in [0.29, 0.717) is 6.08 Å². The summed E-state index contributed by atoms with van der Waals surface area (Å²) in [5, 5.41) is 31.4. The first-order valence-electron chi connectivity index (χ1n) is 7.77. The van der Waals surface area contributed by atoms with Gasteiger partial charge in [0.1, 0.15) is 9.79 Å². The van der Waals surface area contributed by atoms with E-state index in [1.54, 1.807) is 0 Å². The van der Waals surface area contributed by atoms with E-state index < -0.39 is 68.0 Å². The van der Waals surface area contributed by atoms with Gasteiger partial charge in [-0.25, -0.2) is 16.8 Å². The molecule has 0 saturated heterocycles. The van der Waals surface area contributed by atoms with Crippen LogP contribution in [0.2, 0.25) is 0 Å². The number of nitrogens with zero attached hydrogens (tertiary/aromatic N) is 2. The van der Waals surface area contributed by atoms with Crippen LogP contribution in [0.25, 0.3) is 0 Å². The fraction of sp³-hybridized carbons (Fsp3) is 0.125. The summed E-state index contributed by atoms with van der Waals surface area (Å²) in [6, 6.07) is 8.66. The molecule has 0 saturated carbocycles. The van der Waals surface area contributed by atoms with E-state index >= 15 is 0 Å². The summed E-state index contributed by atoms with van der Waals surface area (Å²) in [7, 11) is -9.25. The maximum atomic E-state index is 12.9. The van der Waals surface area contributed by atoms with Gasteiger partial charge >= 0.3 is 0 Å². The van der Waals surface area contributed by atoms with Crippen LogP contribution in [0, 0.1) is 20.2 Å². The van der Waals surface area contributed by atoms with Crippen molar-refractivity contribution in [3.05, 3.63) is 79.7 Å². The predicted octanol–water partition coefficient (Wildman–Crippen LogP) is 1.63. The van der Waals surface area contributed by atoms with Crippen LogP contribution < -0.4 is 0 Å². The summed E-state index contributed by atoms with van der Waals surface area (Å²) in [6.45, 7) is -0.873. The third-order valence-corrected chi connectivity index (χ3v) is 7.56. The molecular weight excluding hydrogens is 428 g/mol. The van der Waals surface area contributed by atoms with Gasteiger partial charge in [0.15, 0.2) is 9.84 Å². The molecule has 29 heavy (non-hydrogen) atoms. The quantitative estimate of drug-likeness (QED) is 0.470. The standard InChI is InChI=1S/C16H14N2O9S2/c19-10-9-12(29(26,27)16-8-4-2-6-14(16)18(22)23)11-28(24,25)15-7-3-1-5-13(15)17(20)21/h1-9,19H,10-11H2/b12-9+. The largest absolute Gasteiger partial charge is 0.392 e. The average Bonchev–Trinajstić information content (AvgIpc) is 2.67. The van der Waals surface area contributed by atoms with Crippen LogP contribution in [0.4, 0.5) is 11.4 Å². The Bertz CT molecular complexity index is 1200. The second-order valence-electron chi connectivity index (χ2n) is 5.57. The highest BCUT2D eigenvalue weighted by atomic mass is 32.2. The van der Waals surface area contributed by atoms with Crippen LogP contribution in [0.1, 0.15) is 0 Å². The van der Waals surface area contributed by atoms with Crippen LogP contribution in [-0.4, -0.2) is 44.1 Å². The topological polar surface area (TPSA) is 175 Å². The number of aliphatic hydroxyl groups is 1. The van der Waals surface area contributed by atoms with E-state index in [2.05, 4.69) is 0 Å². The van der Waals surface area contributed by atoms with E-state index in [1.807, 2.05) is 0 Å². The number of hydrogen-bond donors (Lipinski definition) is 1. The van der Waals surface area contributed by atoms with Crippen molar-refractivity contribution in [2.45, 2.75) is 9.79 Å². The lowest BCUT2D eigenvalue weighted by atomic mass is 10.3. The molecule has 0 unspecified atom stereocenters. The molecule has 2 rings (SSSR count). The summed E-state index contributed by atoms with van der Waals surface area (Å²) < 4.78 is 51.2. The molecule has 0 heterocycles. The van der Waals surface area contributed by atoms with E-state index in [-0.39, 0.29) is 0 Å². The highest BCUT2D eigenvalue weighted by Gasteiger charge is 2.34. The van der Waals surface area contributed by atoms with E-state index in [0.717, 1.165) is 24.3 Å². The zero-order chi connectivity index (χ0) is 21.8. The van der Waals surface area contributed by atoms with Crippen molar-refractivity contribution in [3.8, 4) is 0 Å². The molecule has 2 aromatic rings. The molecule has 2 aromatic carbocycles. The Hall–Kier alpha value is -3.16. The zero-order valence-corrected chi connectivity index (χ0v) is 16.2. The van der Waals surface area contributed by atoms with Gasteiger partial charge in [-0.1, -0.05) is 24.3 Å². The van der Waals surface area contributed by atoms with Gasteiger partial charge in [0.2, 0.25) is 9.84 Å². The minimum atomic E-state index is -4.70. The molecule has 0 bridgehead atoms. The first kappa shape index (κ1) is 22.1. The van der Waals surface area contributed by atoms with Gasteiger partial charge in [0, 0.05) is 12.1 Å². The molecular formula is C16H14N2O9S2. The van der Waals surface area contributed by atoms with Gasteiger partial charge in [-0.05, 0) is 18.2 Å². The third-order valence-electron chi connectivity index (χ3n) is 3.74. The van der Waals surface area contributed by atoms with Crippen LogP contribution in [-0.2, 0) is 19.7 Å². The van der Waals surface area contributed by atoms with Crippen molar-refractivity contribution in [2.75, 3.05) is 12.4 Å². The highest BCUT2D eigenvalue weighted by molar-refractivity contribution is 7.98. The number of nitro benzene ring substituents is 2. The monoisotopic (exact) mass is 442 g/mol. The van der Waals surface area contributed by atoms with Crippen LogP contribution in [0.5, 0.6) is 0 Å². The van der Waals surface area contributed by atoms with E-state index in [1.165, 1.54) is 24.3 Å². The number of rotatable bonds is 8. The Morgan fingerprint density at radius 2 is 1.31 bits per heavy atom. The lowest BCUT2D eigenvalue weighted by molar-refractivity contribution is -0.388. The molecule has 0 aliphatic heterocycles. The zero-order valence-electron chi connectivity index (χ0n) is 14.5. The minimum absolute atomic E-state index is 0.679. The minimum Gasteiger partial charge on any atom is -0.392 e. The van der Waals surface area contributed by atoms with Gasteiger partial charge in [-0.15, -0.1) is 0 Å². The van der Waals surface area contributed by atoms with Crippen LogP contribution >= 0.6 is 0 Å². The molecule has 13 heteroatoms. The summed E-state index contributed by atoms with van der Waals surface area (Å²) in [5.41, 5.74) is -1.53. The first-order valence-corrected chi connectivity index (χ1v) is 10.9. The molecule has 0 aliphatic carbocycles. The maximum Gasteiger partial charge on any atom is 0.288 e. The van der Waals surface area contributed by atoms with E-state index in [4.69, 9.17) is 5.11 Å². The predicted molar refractivity (Wildman–Crippen MR) is 101 cm³/mol. The van der Waals surface area contributed by atoms with Gasteiger partial charge in [-0.3, -0.25) is 20.2 Å². The normalized spacial score (nSPS) is 12.5. The fourth-order valence-corrected chi connectivity index (χ4v) is 6.19. The Kier molecular flexibility index (Phi) is 6.46. The number of para-hydroxylation sites is 2. The molecule has 0 atom stereocenters. The second-order valence-corrected chi connectivity index (χ2v) is 9.49. The number of benzene rings is 2. The van der Waals surface area contributed by atoms with Gasteiger partial charge < -0.3 is 5.11 Å². The van der Waals surface area contributed by atoms with Crippen molar-refractivity contribution in [3.63, 3.8) is 0 Å². The molecule has 0 radical (unpaired) electrons. The molecule has 0 spiro atoms. The molecule has 0 amide bonds. The maximum absolute atomic E-state index is 12.9.